The average Bonchev–Trinajstić information content (AvgIpc) is 3.20. The zero-order chi connectivity index (χ0) is 24.5. The smallest absolute Gasteiger partial charge is 0.222 e. The first-order valence-electron chi connectivity index (χ1n) is 11.1. The maximum absolute atomic E-state index is 11.3. The molecule has 11 heteroatoms. The van der Waals surface area contributed by atoms with E-state index in [-0.39, 0.29) is 37.3 Å². The lowest BCUT2D eigenvalue weighted by Gasteiger charge is -2.14. The number of halogens is 2. The molecular formula is C25H34Cl2N4O5. The molecule has 36 heavy (non-hydrogen) atoms. The number of rotatable bonds is 12. The largest absolute Gasteiger partial charge is 0.493 e. The van der Waals surface area contributed by atoms with E-state index in [1.165, 1.54) is 6.92 Å². The SMILES string of the molecule is COc1ccc(CCNCC(O)COc2ccc(-c3nc(NC(C)=O)c(C)[nH]3)cc2)cc1OC.Cl.Cl. The van der Waals surface area contributed by atoms with Gasteiger partial charge in [-0.05, 0) is 61.9 Å². The third-order valence-corrected chi connectivity index (χ3v) is 5.17. The summed E-state index contributed by atoms with van der Waals surface area (Å²) < 4.78 is 16.3. The van der Waals surface area contributed by atoms with Crippen LogP contribution >= 0.6 is 24.8 Å². The van der Waals surface area contributed by atoms with Crippen LogP contribution in [-0.2, 0) is 11.2 Å². The highest BCUT2D eigenvalue weighted by atomic mass is 35.5. The van der Waals surface area contributed by atoms with Gasteiger partial charge in [-0.15, -0.1) is 24.8 Å². The Labute approximate surface area is 223 Å². The number of ether oxygens (including phenoxy) is 3. The Bertz CT molecular complexity index is 1090. The van der Waals surface area contributed by atoms with Crippen molar-refractivity contribution < 1.29 is 24.1 Å². The fourth-order valence-electron chi connectivity index (χ4n) is 3.38. The number of aliphatic hydroxyl groups is 1. The Hall–Kier alpha value is -2.98. The molecule has 1 aromatic heterocycles. The molecule has 1 atom stereocenters. The van der Waals surface area contributed by atoms with Crippen LogP contribution in [0.2, 0.25) is 0 Å². The molecule has 1 unspecified atom stereocenters. The first kappa shape index (κ1) is 31.1. The molecule has 3 aromatic rings. The number of anilines is 1. The summed E-state index contributed by atoms with van der Waals surface area (Å²) in [5.74, 6) is 3.07. The zero-order valence-electron chi connectivity index (χ0n) is 20.8. The van der Waals surface area contributed by atoms with Crippen LogP contribution in [0.1, 0.15) is 18.2 Å². The van der Waals surface area contributed by atoms with E-state index < -0.39 is 6.10 Å². The number of nitrogens with zero attached hydrogens (tertiary/aromatic N) is 1. The highest BCUT2D eigenvalue weighted by Crippen LogP contribution is 2.27. The highest BCUT2D eigenvalue weighted by molar-refractivity contribution is 5.88. The van der Waals surface area contributed by atoms with Crippen LogP contribution in [0.4, 0.5) is 5.82 Å². The van der Waals surface area contributed by atoms with Gasteiger partial charge < -0.3 is 34.9 Å². The van der Waals surface area contributed by atoms with Crippen molar-refractivity contribution >= 4 is 36.5 Å². The lowest BCUT2D eigenvalue weighted by Crippen LogP contribution is -2.32. The van der Waals surface area contributed by atoms with Gasteiger partial charge in [-0.25, -0.2) is 4.98 Å². The van der Waals surface area contributed by atoms with Crippen molar-refractivity contribution in [2.75, 3.05) is 39.2 Å². The predicted molar refractivity (Wildman–Crippen MR) is 145 cm³/mol. The molecule has 0 saturated heterocycles. The van der Waals surface area contributed by atoms with Gasteiger partial charge in [0.05, 0.1) is 19.9 Å². The minimum Gasteiger partial charge on any atom is -0.493 e. The van der Waals surface area contributed by atoms with Crippen LogP contribution in [0.15, 0.2) is 42.5 Å². The molecule has 0 radical (unpaired) electrons. The average molecular weight is 541 g/mol. The van der Waals surface area contributed by atoms with Gasteiger partial charge in [0.2, 0.25) is 5.91 Å². The Morgan fingerprint density at radius 1 is 1.08 bits per heavy atom. The van der Waals surface area contributed by atoms with Crippen LogP contribution in [0, 0.1) is 6.92 Å². The predicted octanol–water partition coefficient (Wildman–Crippen LogP) is 3.78. The van der Waals surface area contributed by atoms with Crippen molar-refractivity contribution in [2.24, 2.45) is 0 Å². The van der Waals surface area contributed by atoms with E-state index in [1.54, 1.807) is 14.2 Å². The lowest BCUT2D eigenvalue weighted by molar-refractivity contribution is -0.114. The third kappa shape index (κ3) is 8.91. The molecule has 1 heterocycles. The topological polar surface area (TPSA) is 118 Å². The number of hydrogen-bond donors (Lipinski definition) is 4. The van der Waals surface area contributed by atoms with E-state index in [4.69, 9.17) is 14.2 Å². The summed E-state index contributed by atoms with van der Waals surface area (Å²) in [5.41, 5.74) is 2.77. The summed E-state index contributed by atoms with van der Waals surface area (Å²) >= 11 is 0. The summed E-state index contributed by atoms with van der Waals surface area (Å²) in [5, 5.41) is 16.2. The molecule has 3 rings (SSSR count). The fourth-order valence-corrected chi connectivity index (χ4v) is 3.38. The molecular weight excluding hydrogens is 507 g/mol. The molecule has 0 saturated carbocycles. The summed E-state index contributed by atoms with van der Waals surface area (Å²) in [6.07, 6.45) is 0.156. The highest BCUT2D eigenvalue weighted by Gasteiger charge is 2.11. The summed E-state index contributed by atoms with van der Waals surface area (Å²) in [4.78, 5) is 18.8. The van der Waals surface area contributed by atoms with Gasteiger partial charge in [-0.1, -0.05) is 6.07 Å². The number of carbonyl (C=O) groups is 1. The molecule has 0 aliphatic heterocycles. The van der Waals surface area contributed by atoms with E-state index >= 15 is 0 Å². The second kappa shape index (κ2) is 15.2. The maximum atomic E-state index is 11.3. The molecule has 0 bridgehead atoms. The van der Waals surface area contributed by atoms with Crippen LogP contribution in [0.5, 0.6) is 17.2 Å². The number of amides is 1. The molecule has 1 amide bonds. The van der Waals surface area contributed by atoms with Gasteiger partial charge in [0.15, 0.2) is 17.3 Å². The summed E-state index contributed by atoms with van der Waals surface area (Å²) in [6.45, 7) is 4.60. The summed E-state index contributed by atoms with van der Waals surface area (Å²) in [6, 6.07) is 13.2. The standard InChI is InChI=1S/C25H32N4O5.2ClH/c1-16-24(28-17(2)30)29-25(27-16)19-6-8-21(9-7-19)34-15-20(31)14-26-12-11-18-5-10-22(32-3)23(13-18)33-4;;/h5-10,13,20,26,31H,11-12,14-15H2,1-4H3,(H,27,29)(H,28,30);2*1H. The number of aliphatic hydroxyl groups excluding tert-OH is 1. The van der Waals surface area contributed by atoms with E-state index in [2.05, 4.69) is 20.6 Å². The second-order valence-corrected chi connectivity index (χ2v) is 7.87. The van der Waals surface area contributed by atoms with Crippen molar-refractivity contribution in [2.45, 2.75) is 26.4 Å². The van der Waals surface area contributed by atoms with E-state index in [1.807, 2.05) is 49.4 Å². The number of imidazole rings is 1. The van der Waals surface area contributed by atoms with Gasteiger partial charge in [-0.3, -0.25) is 4.79 Å². The van der Waals surface area contributed by atoms with Crippen LogP contribution in [-0.4, -0.2) is 61.0 Å². The maximum Gasteiger partial charge on any atom is 0.222 e. The van der Waals surface area contributed by atoms with Crippen molar-refractivity contribution in [3.8, 4) is 28.6 Å². The quantitative estimate of drug-likeness (QED) is 0.258. The molecule has 0 fully saturated rings. The number of methoxy groups -OCH3 is 2. The number of nitrogens with one attached hydrogen (secondary N) is 3. The van der Waals surface area contributed by atoms with Crippen LogP contribution < -0.4 is 24.8 Å². The van der Waals surface area contributed by atoms with Gasteiger partial charge >= 0.3 is 0 Å². The third-order valence-electron chi connectivity index (χ3n) is 5.17. The minimum atomic E-state index is -0.641. The minimum absolute atomic E-state index is 0. The number of aryl methyl sites for hydroxylation is 1. The zero-order valence-corrected chi connectivity index (χ0v) is 22.4. The molecule has 0 aliphatic carbocycles. The number of hydrogen-bond acceptors (Lipinski definition) is 7. The number of aromatic nitrogens is 2. The Balaban J connectivity index is 0.00000324. The van der Waals surface area contributed by atoms with Crippen molar-refractivity contribution in [1.82, 2.24) is 15.3 Å². The molecule has 0 aliphatic rings. The number of carbonyl (C=O) groups excluding carboxylic acids is 1. The number of aromatic amines is 1. The molecule has 0 spiro atoms. The second-order valence-electron chi connectivity index (χ2n) is 7.87. The van der Waals surface area contributed by atoms with Gasteiger partial charge in [0, 0.05) is 19.0 Å². The fraction of sp³-hybridized carbons (Fsp3) is 0.360. The first-order chi connectivity index (χ1) is 16.4. The lowest BCUT2D eigenvalue weighted by atomic mass is 10.1. The van der Waals surface area contributed by atoms with Crippen molar-refractivity contribution in [3.63, 3.8) is 0 Å². The molecule has 9 nitrogen and oxygen atoms in total. The van der Waals surface area contributed by atoms with Crippen molar-refractivity contribution in [1.29, 1.82) is 0 Å². The normalized spacial score (nSPS) is 11.0. The van der Waals surface area contributed by atoms with E-state index in [0.717, 1.165) is 23.2 Å². The van der Waals surface area contributed by atoms with Crippen LogP contribution in [0.25, 0.3) is 11.4 Å². The van der Waals surface area contributed by atoms with Gasteiger partial charge in [0.1, 0.15) is 24.3 Å². The molecule has 198 valence electrons. The van der Waals surface area contributed by atoms with Crippen molar-refractivity contribution in [3.05, 3.63) is 53.7 Å². The van der Waals surface area contributed by atoms with Crippen LogP contribution in [0.3, 0.4) is 0 Å². The van der Waals surface area contributed by atoms with E-state index in [0.29, 0.717) is 42.0 Å². The monoisotopic (exact) mass is 540 g/mol. The Kier molecular flexibility index (Phi) is 13.1. The number of H-pyrrole nitrogens is 1. The Morgan fingerprint density at radius 2 is 1.78 bits per heavy atom. The number of benzene rings is 2. The summed E-state index contributed by atoms with van der Waals surface area (Å²) in [7, 11) is 3.23. The first-order valence-corrected chi connectivity index (χ1v) is 11.1. The van der Waals surface area contributed by atoms with Gasteiger partial charge in [0.25, 0.3) is 0 Å². The Morgan fingerprint density at radius 3 is 2.42 bits per heavy atom. The molecule has 2 aromatic carbocycles. The molecule has 4 N–H and O–H groups in total. The van der Waals surface area contributed by atoms with E-state index in [9.17, 15) is 9.90 Å². The van der Waals surface area contributed by atoms with Gasteiger partial charge in [-0.2, -0.15) is 0 Å².